The van der Waals surface area contributed by atoms with E-state index in [1.54, 1.807) is 7.11 Å². The summed E-state index contributed by atoms with van der Waals surface area (Å²) in [5, 5.41) is 7.05. The Kier molecular flexibility index (Phi) is 3.76. The molecule has 5 rings (SSSR count). The number of carbonyl (C=O) groups excluding carboxylic acids is 1. The number of nitrogens with one attached hydrogen (secondary N) is 1. The molecular weight excluding hydrogens is 350 g/mol. The highest BCUT2D eigenvalue weighted by Gasteiger charge is 2.15. The number of anilines is 1. The normalized spacial score (nSPS) is 11.2. The number of amides is 1. The van der Waals surface area contributed by atoms with Gasteiger partial charge in [0.25, 0.3) is 5.91 Å². The number of methoxy groups -OCH3 is 1. The van der Waals surface area contributed by atoms with E-state index < -0.39 is 0 Å². The van der Waals surface area contributed by atoms with Gasteiger partial charge >= 0.3 is 0 Å². The molecule has 0 aliphatic heterocycles. The monoisotopic (exact) mass is 367 g/mol. The summed E-state index contributed by atoms with van der Waals surface area (Å²) in [5.41, 5.74) is 2.67. The molecule has 4 aromatic carbocycles. The van der Waals surface area contributed by atoms with Crippen molar-refractivity contribution in [3.63, 3.8) is 0 Å². The van der Waals surface area contributed by atoms with Crippen molar-refractivity contribution in [3.05, 3.63) is 84.4 Å². The molecule has 4 heteroatoms. The van der Waals surface area contributed by atoms with E-state index in [0.717, 1.165) is 27.1 Å². The summed E-state index contributed by atoms with van der Waals surface area (Å²) >= 11 is 0. The Morgan fingerprint density at radius 3 is 2.46 bits per heavy atom. The van der Waals surface area contributed by atoms with Gasteiger partial charge in [-0.1, -0.05) is 48.5 Å². The number of fused-ring (bicyclic) bond motifs is 4. The molecule has 0 atom stereocenters. The van der Waals surface area contributed by atoms with Crippen molar-refractivity contribution in [2.45, 2.75) is 0 Å². The Morgan fingerprint density at radius 2 is 1.61 bits per heavy atom. The second-order valence-electron chi connectivity index (χ2n) is 6.66. The van der Waals surface area contributed by atoms with Gasteiger partial charge in [0.2, 0.25) is 0 Å². The predicted molar refractivity (Wildman–Crippen MR) is 112 cm³/mol. The summed E-state index contributed by atoms with van der Waals surface area (Å²) in [4.78, 5) is 12.8. The molecule has 0 aliphatic carbocycles. The molecule has 0 radical (unpaired) electrons. The number of rotatable bonds is 3. The lowest BCUT2D eigenvalue weighted by atomic mass is 10.1. The molecule has 1 aromatic heterocycles. The van der Waals surface area contributed by atoms with E-state index in [2.05, 4.69) is 5.32 Å². The zero-order valence-corrected chi connectivity index (χ0v) is 15.2. The quantitative estimate of drug-likeness (QED) is 0.425. The molecule has 0 bridgehead atoms. The maximum absolute atomic E-state index is 12.8. The maximum atomic E-state index is 12.8. The van der Waals surface area contributed by atoms with Crippen molar-refractivity contribution >= 4 is 44.3 Å². The first-order valence-corrected chi connectivity index (χ1v) is 9.02. The van der Waals surface area contributed by atoms with E-state index in [1.165, 1.54) is 0 Å². The number of hydrogen-bond donors (Lipinski definition) is 1. The van der Waals surface area contributed by atoms with Crippen LogP contribution in [0.1, 0.15) is 10.4 Å². The van der Waals surface area contributed by atoms with Crippen molar-refractivity contribution in [2.75, 3.05) is 12.4 Å². The molecule has 0 spiro atoms. The van der Waals surface area contributed by atoms with Crippen LogP contribution in [0.4, 0.5) is 5.69 Å². The Labute approximate surface area is 161 Å². The lowest BCUT2D eigenvalue weighted by Gasteiger charge is -2.11. The van der Waals surface area contributed by atoms with E-state index in [0.29, 0.717) is 22.6 Å². The lowest BCUT2D eigenvalue weighted by Crippen LogP contribution is -2.12. The van der Waals surface area contributed by atoms with E-state index in [1.807, 2.05) is 78.9 Å². The summed E-state index contributed by atoms with van der Waals surface area (Å²) in [6.07, 6.45) is 0. The Morgan fingerprint density at radius 1 is 0.821 bits per heavy atom. The van der Waals surface area contributed by atoms with Crippen molar-refractivity contribution in [3.8, 4) is 5.75 Å². The maximum Gasteiger partial charge on any atom is 0.255 e. The third-order valence-electron chi connectivity index (χ3n) is 4.96. The fourth-order valence-electron chi connectivity index (χ4n) is 3.54. The highest BCUT2D eigenvalue weighted by atomic mass is 16.5. The van der Waals surface area contributed by atoms with Crippen LogP contribution in [0, 0.1) is 0 Å². The summed E-state index contributed by atoms with van der Waals surface area (Å²) in [5.74, 6) is 0.396. The first-order valence-electron chi connectivity index (χ1n) is 9.02. The van der Waals surface area contributed by atoms with Gasteiger partial charge in [-0.3, -0.25) is 4.79 Å². The predicted octanol–water partition coefficient (Wildman–Crippen LogP) is 6.00. The van der Waals surface area contributed by atoms with Gasteiger partial charge in [0, 0.05) is 22.4 Å². The van der Waals surface area contributed by atoms with Gasteiger partial charge in [-0.25, -0.2) is 0 Å². The van der Waals surface area contributed by atoms with Crippen molar-refractivity contribution in [1.29, 1.82) is 0 Å². The van der Waals surface area contributed by atoms with Crippen molar-refractivity contribution in [2.24, 2.45) is 0 Å². The molecular formula is C24H17NO3. The van der Waals surface area contributed by atoms with Crippen LogP contribution in [0.2, 0.25) is 0 Å². The van der Waals surface area contributed by atoms with Gasteiger partial charge in [-0.2, -0.15) is 0 Å². The minimum absolute atomic E-state index is 0.195. The molecule has 0 unspecified atom stereocenters. The number of para-hydroxylation sites is 1. The minimum Gasteiger partial charge on any atom is -0.495 e. The second-order valence-corrected chi connectivity index (χ2v) is 6.66. The van der Waals surface area contributed by atoms with Crippen LogP contribution in [0.15, 0.2) is 83.3 Å². The number of furan rings is 1. The Hall–Kier alpha value is -3.79. The number of benzene rings is 4. The number of ether oxygens (including phenoxy) is 1. The largest absolute Gasteiger partial charge is 0.495 e. The fraction of sp³-hybridized carbons (Fsp3) is 0.0417. The molecule has 28 heavy (non-hydrogen) atoms. The van der Waals surface area contributed by atoms with Crippen LogP contribution < -0.4 is 10.1 Å². The second kappa shape index (κ2) is 6.43. The lowest BCUT2D eigenvalue weighted by molar-refractivity contribution is 0.102. The van der Waals surface area contributed by atoms with Crippen LogP contribution in [-0.4, -0.2) is 13.0 Å². The number of carbonyl (C=O) groups is 1. The van der Waals surface area contributed by atoms with E-state index >= 15 is 0 Å². The SMILES string of the molecule is COc1cc2c(cc1NC(=O)c1ccc3ccccc3c1)oc1ccccc12. The average Bonchev–Trinajstić information content (AvgIpc) is 3.10. The van der Waals surface area contributed by atoms with E-state index in [9.17, 15) is 4.79 Å². The van der Waals surface area contributed by atoms with Gasteiger partial charge in [0.15, 0.2) is 0 Å². The molecule has 5 aromatic rings. The minimum atomic E-state index is -0.195. The molecule has 136 valence electrons. The van der Waals surface area contributed by atoms with Crippen LogP contribution >= 0.6 is 0 Å². The van der Waals surface area contributed by atoms with E-state index in [-0.39, 0.29) is 5.91 Å². The smallest absolute Gasteiger partial charge is 0.255 e. The zero-order chi connectivity index (χ0) is 19.1. The first kappa shape index (κ1) is 16.4. The van der Waals surface area contributed by atoms with Gasteiger partial charge in [0.1, 0.15) is 16.9 Å². The first-order chi connectivity index (χ1) is 13.7. The molecule has 1 amide bonds. The third kappa shape index (κ3) is 2.67. The van der Waals surface area contributed by atoms with Crippen molar-refractivity contribution < 1.29 is 13.9 Å². The summed E-state index contributed by atoms with van der Waals surface area (Å²) < 4.78 is 11.5. The van der Waals surface area contributed by atoms with Gasteiger partial charge in [0.05, 0.1) is 12.8 Å². The Bertz CT molecular complexity index is 1350. The molecule has 0 saturated heterocycles. The van der Waals surface area contributed by atoms with Crippen LogP contribution in [0.3, 0.4) is 0 Å². The summed E-state index contributed by atoms with van der Waals surface area (Å²) in [6, 6.07) is 25.2. The molecule has 0 aliphatic rings. The molecule has 0 fully saturated rings. The van der Waals surface area contributed by atoms with Gasteiger partial charge in [-0.05, 0) is 35.0 Å². The highest BCUT2D eigenvalue weighted by molar-refractivity contribution is 6.10. The van der Waals surface area contributed by atoms with E-state index in [4.69, 9.17) is 9.15 Å². The van der Waals surface area contributed by atoms with Crippen LogP contribution in [0.5, 0.6) is 5.75 Å². The molecule has 1 heterocycles. The van der Waals surface area contributed by atoms with Gasteiger partial charge < -0.3 is 14.5 Å². The Balaban J connectivity index is 1.55. The average molecular weight is 367 g/mol. The summed E-state index contributed by atoms with van der Waals surface area (Å²) in [6.45, 7) is 0. The van der Waals surface area contributed by atoms with Crippen LogP contribution in [-0.2, 0) is 0 Å². The van der Waals surface area contributed by atoms with Gasteiger partial charge in [-0.15, -0.1) is 0 Å². The fourth-order valence-corrected chi connectivity index (χ4v) is 3.54. The summed E-state index contributed by atoms with van der Waals surface area (Å²) in [7, 11) is 1.59. The third-order valence-corrected chi connectivity index (χ3v) is 4.96. The van der Waals surface area contributed by atoms with Crippen molar-refractivity contribution in [1.82, 2.24) is 0 Å². The molecule has 1 N–H and O–H groups in total. The zero-order valence-electron chi connectivity index (χ0n) is 15.2. The molecule has 0 saturated carbocycles. The standard InChI is InChI=1S/C24H17NO3/c1-27-23-13-19-18-8-4-5-9-21(18)28-22(19)14-20(23)25-24(26)17-11-10-15-6-2-3-7-16(15)12-17/h2-14H,1H3,(H,25,26). The molecule has 4 nitrogen and oxygen atoms in total. The number of hydrogen-bond acceptors (Lipinski definition) is 3. The highest BCUT2D eigenvalue weighted by Crippen LogP contribution is 2.36. The van der Waals surface area contributed by atoms with Crippen LogP contribution in [0.25, 0.3) is 32.7 Å². The topological polar surface area (TPSA) is 51.5 Å².